The highest BCUT2D eigenvalue weighted by atomic mass is 19.4. The molecule has 1 aliphatic carbocycles. The molecule has 0 unspecified atom stereocenters. The van der Waals surface area contributed by atoms with Gasteiger partial charge in [-0.2, -0.15) is 18.3 Å². The SMILES string of the molecule is O=C(Nc1nc2ccc(C(F)(F)F)cc2[nH]1)[C@@H]1CCc2[nH]ncc2C1. The topological polar surface area (TPSA) is 86.5 Å². The molecule has 0 bridgehead atoms. The zero-order chi connectivity index (χ0) is 17.6. The summed E-state index contributed by atoms with van der Waals surface area (Å²) in [5, 5.41) is 9.55. The maximum Gasteiger partial charge on any atom is 0.416 e. The molecule has 4 rings (SSSR count). The maximum absolute atomic E-state index is 12.8. The quantitative estimate of drug-likeness (QED) is 0.665. The number of aromatic nitrogens is 4. The van der Waals surface area contributed by atoms with E-state index >= 15 is 0 Å². The molecular formula is C16H14F3N5O. The number of aromatic amines is 2. The molecule has 2 aromatic heterocycles. The monoisotopic (exact) mass is 349 g/mol. The van der Waals surface area contributed by atoms with Gasteiger partial charge in [-0.1, -0.05) is 0 Å². The van der Waals surface area contributed by atoms with Crippen LogP contribution in [0.1, 0.15) is 23.2 Å². The largest absolute Gasteiger partial charge is 0.416 e. The van der Waals surface area contributed by atoms with Gasteiger partial charge < -0.3 is 4.98 Å². The van der Waals surface area contributed by atoms with E-state index in [1.165, 1.54) is 6.07 Å². The Kier molecular flexibility index (Phi) is 3.52. The normalized spacial score (nSPS) is 17.5. The first kappa shape index (κ1) is 15.7. The lowest BCUT2D eigenvalue weighted by Gasteiger charge is -2.20. The Morgan fingerprint density at radius 1 is 1.32 bits per heavy atom. The highest BCUT2D eigenvalue weighted by molar-refractivity contribution is 5.93. The first-order valence-corrected chi connectivity index (χ1v) is 7.79. The predicted molar refractivity (Wildman–Crippen MR) is 83.8 cm³/mol. The van der Waals surface area contributed by atoms with Crippen LogP contribution in [0.5, 0.6) is 0 Å². The van der Waals surface area contributed by atoms with E-state index < -0.39 is 11.7 Å². The molecular weight excluding hydrogens is 335 g/mol. The van der Waals surface area contributed by atoms with E-state index in [2.05, 4.69) is 25.5 Å². The molecule has 1 amide bonds. The van der Waals surface area contributed by atoms with Crippen LogP contribution in [0.15, 0.2) is 24.4 Å². The first-order valence-electron chi connectivity index (χ1n) is 7.79. The first-order chi connectivity index (χ1) is 11.9. The van der Waals surface area contributed by atoms with Gasteiger partial charge in [0.25, 0.3) is 0 Å². The number of carbonyl (C=O) groups excluding carboxylic acids is 1. The van der Waals surface area contributed by atoms with Crippen LogP contribution >= 0.6 is 0 Å². The Bertz CT molecular complexity index is 943. The molecule has 9 heteroatoms. The lowest BCUT2D eigenvalue weighted by atomic mass is 9.87. The minimum atomic E-state index is -4.42. The average Bonchev–Trinajstić information content (AvgIpc) is 3.18. The van der Waals surface area contributed by atoms with Crippen LogP contribution in [0.25, 0.3) is 11.0 Å². The summed E-state index contributed by atoms with van der Waals surface area (Å²) in [6.07, 6.45) is -0.709. The van der Waals surface area contributed by atoms with Gasteiger partial charge in [-0.15, -0.1) is 0 Å². The molecule has 2 heterocycles. The fourth-order valence-corrected chi connectivity index (χ4v) is 3.10. The van der Waals surface area contributed by atoms with Crippen molar-refractivity contribution in [2.45, 2.75) is 25.4 Å². The number of hydrogen-bond donors (Lipinski definition) is 3. The predicted octanol–water partition coefficient (Wildman–Crippen LogP) is 3.05. The van der Waals surface area contributed by atoms with Crippen molar-refractivity contribution in [1.82, 2.24) is 20.2 Å². The Hall–Kier alpha value is -2.84. The number of rotatable bonds is 2. The van der Waals surface area contributed by atoms with E-state index in [1.807, 2.05) is 0 Å². The van der Waals surface area contributed by atoms with E-state index in [4.69, 9.17) is 0 Å². The third-order valence-electron chi connectivity index (χ3n) is 4.44. The number of amides is 1. The summed E-state index contributed by atoms with van der Waals surface area (Å²) in [5.41, 5.74) is 1.90. The molecule has 3 aromatic rings. The van der Waals surface area contributed by atoms with Gasteiger partial charge in [0.1, 0.15) is 0 Å². The number of hydrogen-bond acceptors (Lipinski definition) is 3. The summed E-state index contributed by atoms with van der Waals surface area (Å²) in [6.45, 7) is 0. The Labute approximate surface area is 139 Å². The van der Waals surface area contributed by atoms with Crippen LogP contribution in [-0.4, -0.2) is 26.1 Å². The number of imidazole rings is 1. The number of fused-ring (bicyclic) bond motifs is 2. The molecule has 0 aliphatic heterocycles. The highest BCUT2D eigenvalue weighted by Crippen LogP contribution is 2.31. The number of halogens is 3. The average molecular weight is 349 g/mol. The van der Waals surface area contributed by atoms with Crippen molar-refractivity contribution in [2.24, 2.45) is 5.92 Å². The Morgan fingerprint density at radius 2 is 2.16 bits per heavy atom. The molecule has 1 atom stereocenters. The van der Waals surface area contributed by atoms with E-state index in [0.29, 0.717) is 18.4 Å². The molecule has 0 saturated heterocycles. The van der Waals surface area contributed by atoms with Crippen molar-refractivity contribution in [1.29, 1.82) is 0 Å². The summed E-state index contributed by atoms with van der Waals surface area (Å²) >= 11 is 0. The van der Waals surface area contributed by atoms with Gasteiger partial charge in [-0.25, -0.2) is 4.98 Å². The number of nitrogens with one attached hydrogen (secondary N) is 3. The summed E-state index contributed by atoms with van der Waals surface area (Å²) in [7, 11) is 0. The molecule has 1 aliphatic rings. The number of alkyl halides is 3. The van der Waals surface area contributed by atoms with Gasteiger partial charge in [0.05, 0.1) is 22.8 Å². The maximum atomic E-state index is 12.8. The molecule has 3 N–H and O–H groups in total. The number of H-pyrrole nitrogens is 2. The van der Waals surface area contributed by atoms with Crippen LogP contribution in [0.3, 0.4) is 0 Å². The third-order valence-corrected chi connectivity index (χ3v) is 4.44. The van der Waals surface area contributed by atoms with Crippen molar-refractivity contribution in [3.05, 3.63) is 41.2 Å². The Morgan fingerprint density at radius 3 is 2.96 bits per heavy atom. The summed E-state index contributed by atoms with van der Waals surface area (Å²) in [4.78, 5) is 19.3. The molecule has 1 aromatic carbocycles. The van der Waals surface area contributed by atoms with Crippen molar-refractivity contribution in [2.75, 3.05) is 5.32 Å². The number of aryl methyl sites for hydroxylation is 1. The summed E-state index contributed by atoms with van der Waals surface area (Å²) < 4.78 is 38.3. The zero-order valence-corrected chi connectivity index (χ0v) is 12.9. The second-order valence-electron chi connectivity index (χ2n) is 6.12. The van der Waals surface area contributed by atoms with Crippen molar-refractivity contribution < 1.29 is 18.0 Å². The molecule has 0 saturated carbocycles. The number of benzene rings is 1. The smallest absolute Gasteiger partial charge is 0.324 e. The number of anilines is 1. The second kappa shape index (κ2) is 5.61. The molecule has 0 radical (unpaired) electrons. The number of carbonyl (C=O) groups is 1. The molecule has 25 heavy (non-hydrogen) atoms. The van der Waals surface area contributed by atoms with Gasteiger partial charge >= 0.3 is 6.18 Å². The molecule has 6 nitrogen and oxygen atoms in total. The lowest BCUT2D eigenvalue weighted by Crippen LogP contribution is -2.28. The van der Waals surface area contributed by atoms with E-state index in [9.17, 15) is 18.0 Å². The summed E-state index contributed by atoms with van der Waals surface area (Å²) in [5.74, 6) is -0.275. The van der Waals surface area contributed by atoms with E-state index in [1.54, 1.807) is 6.20 Å². The fourth-order valence-electron chi connectivity index (χ4n) is 3.10. The minimum Gasteiger partial charge on any atom is -0.324 e. The third kappa shape index (κ3) is 2.97. The van der Waals surface area contributed by atoms with E-state index in [-0.39, 0.29) is 23.3 Å². The van der Waals surface area contributed by atoms with Crippen LogP contribution in [0.4, 0.5) is 19.1 Å². The Balaban J connectivity index is 1.52. The van der Waals surface area contributed by atoms with Crippen molar-refractivity contribution in [3.63, 3.8) is 0 Å². The standard InChI is InChI=1S/C16H14F3N5O/c17-16(18,19)10-2-4-12-13(6-10)22-15(21-12)23-14(25)8-1-3-11-9(5-8)7-20-24-11/h2,4,6-8H,1,3,5H2,(H,20,24)(H2,21,22,23,25)/t8-/m1/s1. The summed E-state index contributed by atoms with van der Waals surface area (Å²) in [6, 6.07) is 3.23. The minimum absolute atomic E-state index is 0.150. The van der Waals surface area contributed by atoms with Gasteiger partial charge in [-0.05, 0) is 43.0 Å². The highest BCUT2D eigenvalue weighted by Gasteiger charge is 2.31. The van der Waals surface area contributed by atoms with Crippen molar-refractivity contribution >= 4 is 22.9 Å². The van der Waals surface area contributed by atoms with Crippen LogP contribution in [0.2, 0.25) is 0 Å². The number of nitrogens with zero attached hydrogens (tertiary/aromatic N) is 2. The van der Waals surface area contributed by atoms with Gasteiger partial charge in [0.15, 0.2) is 0 Å². The van der Waals surface area contributed by atoms with Crippen LogP contribution < -0.4 is 5.32 Å². The fraction of sp³-hybridized carbons (Fsp3) is 0.312. The van der Waals surface area contributed by atoms with Gasteiger partial charge in [-0.3, -0.25) is 15.2 Å². The van der Waals surface area contributed by atoms with Gasteiger partial charge in [0, 0.05) is 11.6 Å². The zero-order valence-electron chi connectivity index (χ0n) is 12.9. The van der Waals surface area contributed by atoms with E-state index in [0.717, 1.165) is 29.8 Å². The van der Waals surface area contributed by atoms with Crippen LogP contribution in [0, 0.1) is 5.92 Å². The molecule has 0 spiro atoms. The van der Waals surface area contributed by atoms with Crippen LogP contribution in [-0.2, 0) is 23.8 Å². The van der Waals surface area contributed by atoms with Crippen molar-refractivity contribution in [3.8, 4) is 0 Å². The molecule has 0 fully saturated rings. The molecule has 130 valence electrons. The lowest BCUT2D eigenvalue weighted by molar-refractivity contribution is -0.137. The second-order valence-corrected chi connectivity index (χ2v) is 6.12. The van der Waals surface area contributed by atoms with Gasteiger partial charge in [0.2, 0.25) is 11.9 Å².